The lowest BCUT2D eigenvalue weighted by atomic mass is 10.2. The Kier molecular flexibility index (Phi) is 4.35. The van der Waals surface area contributed by atoms with Crippen molar-refractivity contribution in [3.05, 3.63) is 29.8 Å². The van der Waals surface area contributed by atoms with Gasteiger partial charge in [-0.3, -0.25) is 0 Å². The lowest BCUT2D eigenvalue weighted by Crippen LogP contribution is -2.48. The summed E-state index contributed by atoms with van der Waals surface area (Å²) in [5.74, 6) is -0.389. The summed E-state index contributed by atoms with van der Waals surface area (Å²) in [4.78, 5) is 25.0. The second kappa shape index (κ2) is 6.19. The summed E-state index contributed by atoms with van der Waals surface area (Å²) in [6.45, 7) is 3.03. The fourth-order valence-corrected chi connectivity index (χ4v) is 1.88. The Morgan fingerprint density at radius 3 is 2.42 bits per heavy atom. The number of methoxy groups -OCH3 is 1. The summed E-state index contributed by atoms with van der Waals surface area (Å²) >= 11 is 0. The molecule has 0 unspecified atom stereocenters. The Labute approximate surface area is 111 Å². The number of nitrogens with one attached hydrogen (secondary N) is 2. The molecule has 2 rings (SSSR count). The number of nitrogens with zero attached hydrogens (tertiary/aromatic N) is 1. The minimum absolute atomic E-state index is 0.118. The Morgan fingerprint density at radius 2 is 1.84 bits per heavy atom. The van der Waals surface area contributed by atoms with Gasteiger partial charge in [-0.2, -0.15) is 0 Å². The molecule has 1 saturated heterocycles. The molecule has 1 aromatic rings. The topological polar surface area (TPSA) is 70.7 Å². The summed E-state index contributed by atoms with van der Waals surface area (Å²) in [5.41, 5.74) is 1.12. The van der Waals surface area contributed by atoms with Crippen molar-refractivity contribution in [1.82, 2.24) is 10.2 Å². The largest absolute Gasteiger partial charge is 0.465 e. The number of carbonyl (C=O) groups is 2. The highest BCUT2D eigenvalue weighted by Crippen LogP contribution is 2.11. The molecular formula is C13H17N3O3. The zero-order valence-electron chi connectivity index (χ0n) is 10.8. The van der Waals surface area contributed by atoms with E-state index in [9.17, 15) is 9.59 Å². The third-order valence-electron chi connectivity index (χ3n) is 2.96. The van der Waals surface area contributed by atoms with Crippen molar-refractivity contribution in [2.75, 3.05) is 38.6 Å². The van der Waals surface area contributed by atoms with Crippen LogP contribution in [0.25, 0.3) is 0 Å². The van der Waals surface area contributed by atoms with E-state index >= 15 is 0 Å². The Balaban J connectivity index is 1.95. The predicted octanol–water partition coefficient (Wildman–Crippen LogP) is 0.910. The first-order chi connectivity index (χ1) is 9.20. The average Bonchev–Trinajstić information content (AvgIpc) is 2.48. The highest BCUT2D eigenvalue weighted by Gasteiger charge is 2.16. The smallest absolute Gasteiger partial charge is 0.337 e. The highest BCUT2D eigenvalue weighted by atomic mass is 16.5. The fourth-order valence-electron chi connectivity index (χ4n) is 1.88. The lowest BCUT2D eigenvalue weighted by molar-refractivity contribution is 0.0601. The predicted molar refractivity (Wildman–Crippen MR) is 71.2 cm³/mol. The molecule has 1 fully saturated rings. The molecule has 0 radical (unpaired) electrons. The van der Waals surface area contributed by atoms with Gasteiger partial charge in [0.05, 0.1) is 12.7 Å². The molecular weight excluding hydrogens is 246 g/mol. The van der Waals surface area contributed by atoms with E-state index in [1.54, 1.807) is 29.2 Å². The number of anilines is 1. The SMILES string of the molecule is COC(=O)c1ccc(NC(=O)N2CCNCC2)cc1. The Hall–Kier alpha value is -2.08. The molecule has 1 aliphatic heterocycles. The quantitative estimate of drug-likeness (QED) is 0.778. The van der Waals surface area contributed by atoms with Gasteiger partial charge in [0.15, 0.2) is 0 Å². The van der Waals surface area contributed by atoms with Gasteiger partial charge in [0.1, 0.15) is 0 Å². The summed E-state index contributed by atoms with van der Waals surface area (Å²) in [7, 11) is 1.34. The van der Waals surface area contributed by atoms with Crippen molar-refractivity contribution in [2.45, 2.75) is 0 Å². The number of ether oxygens (including phenoxy) is 1. The third kappa shape index (κ3) is 3.45. The molecule has 0 saturated carbocycles. The fraction of sp³-hybridized carbons (Fsp3) is 0.385. The number of esters is 1. The summed E-state index contributed by atoms with van der Waals surface area (Å²) in [6.07, 6.45) is 0. The molecule has 6 nitrogen and oxygen atoms in total. The average molecular weight is 263 g/mol. The second-order valence-corrected chi connectivity index (χ2v) is 4.24. The van der Waals surface area contributed by atoms with Gasteiger partial charge in [-0.05, 0) is 24.3 Å². The summed E-state index contributed by atoms with van der Waals surface area (Å²) in [6, 6.07) is 6.50. The van der Waals surface area contributed by atoms with E-state index < -0.39 is 0 Å². The van der Waals surface area contributed by atoms with Crippen LogP contribution in [0.5, 0.6) is 0 Å². The van der Waals surface area contributed by atoms with Crippen molar-refractivity contribution in [1.29, 1.82) is 0 Å². The van der Waals surface area contributed by atoms with E-state index in [-0.39, 0.29) is 12.0 Å². The van der Waals surface area contributed by atoms with E-state index in [2.05, 4.69) is 15.4 Å². The molecule has 2 amide bonds. The number of amides is 2. The minimum Gasteiger partial charge on any atom is -0.465 e. The molecule has 6 heteroatoms. The maximum atomic E-state index is 11.9. The standard InChI is InChI=1S/C13H17N3O3/c1-19-12(17)10-2-4-11(5-3-10)15-13(18)16-8-6-14-7-9-16/h2-5,14H,6-9H2,1H3,(H,15,18). The molecule has 102 valence electrons. The monoisotopic (exact) mass is 263 g/mol. The number of rotatable bonds is 2. The first kappa shape index (κ1) is 13.4. The Morgan fingerprint density at radius 1 is 1.21 bits per heavy atom. The molecule has 0 atom stereocenters. The Bertz CT molecular complexity index is 453. The first-order valence-corrected chi connectivity index (χ1v) is 6.16. The van der Waals surface area contributed by atoms with Crippen LogP contribution in [0.3, 0.4) is 0 Å². The van der Waals surface area contributed by atoms with Crippen LogP contribution in [0.1, 0.15) is 10.4 Å². The number of urea groups is 1. The number of benzene rings is 1. The number of hydrogen-bond donors (Lipinski definition) is 2. The molecule has 2 N–H and O–H groups in total. The minimum atomic E-state index is -0.389. The van der Waals surface area contributed by atoms with Gasteiger partial charge in [0, 0.05) is 31.9 Å². The molecule has 1 aromatic carbocycles. The molecule has 1 heterocycles. The van der Waals surface area contributed by atoms with Gasteiger partial charge in [-0.1, -0.05) is 0 Å². The van der Waals surface area contributed by atoms with Crippen LogP contribution in [0.2, 0.25) is 0 Å². The van der Waals surface area contributed by atoms with Crippen LogP contribution < -0.4 is 10.6 Å². The number of hydrogen-bond acceptors (Lipinski definition) is 4. The maximum Gasteiger partial charge on any atom is 0.337 e. The van der Waals surface area contributed by atoms with Crippen molar-refractivity contribution < 1.29 is 14.3 Å². The molecule has 0 aliphatic carbocycles. The van der Waals surface area contributed by atoms with Gasteiger partial charge >= 0.3 is 12.0 Å². The van der Waals surface area contributed by atoms with Gasteiger partial charge in [0.2, 0.25) is 0 Å². The van der Waals surface area contributed by atoms with Crippen LogP contribution in [0.4, 0.5) is 10.5 Å². The maximum absolute atomic E-state index is 11.9. The molecule has 19 heavy (non-hydrogen) atoms. The van der Waals surface area contributed by atoms with Crippen LogP contribution in [-0.2, 0) is 4.74 Å². The van der Waals surface area contributed by atoms with E-state index in [4.69, 9.17) is 0 Å². The van der Waals surface area contributed by atoms with Gasteiger partial charge < -0.3 is 20.3 Å². The molecule has 0 bridgehead atoms. The van der Waals surface area contributed by atoms with Crippen molar-refractivity contribution in [3.8, 4) is 0 Å². The number of piperazine rings is 1. The van der Waals surface area contributed by atoms with Crippen LogP contribution in [0, 0.1) is 0 Å². The van der Waals surface area contributed by atoms with Crippen LogP contribution in [-0.4, -0.2) is 50.2 Å². The lowest BCUT2D eigenvalue weighted by Gasteiger charge is -2.27. The number of carbonyl (C=O) groups excluding carboxylic acids is 2. The first-order valence-electron chi connectivity index (χ1n) is 6.16. The van der Waals surface area contributed by atoms with E-state index in [0.29, 0.717) is 24.3 Å². The van der Waals surface area contributed by atoms with Crippen molar-refractivity contribution >= 4 is 17.7 Å². The van der Waals surface area contributed by atoms with E-state index in [0.717, 1.165) is 13.1 Å². The van der Waals surface area contributed by atoms with Crippen LogP contribution >= 0.6 is 0 Å². The molecule has 1 aliphatic rings. The summed E-state index contributed by atoms with van der Waals surface area (Å²) < 4.78 is 4.61. The van der Waals surface area contributed by atoms with Gasteiger partial charge in [-0.25, -0.2) is 9.59 Å². The third-order valence-corrected chi connectivity index (χ3v) is 2.96. The van der Waals surface area contributed by atoms with Crippen molar-refractivity contribution in [2.24, 2.45) is 0 Å². The normalized spacial score (nSPS) is 14.9. The summed E-state index contributed by atoms with van der Waals surface area (Å²) in [5, 5.41) is 5.99. The van der Waals surface area contributed by atoms with E-state index in [1.165, 1.54) is 7.11 Å². The highest BCUT2D eigenvalue weighted by molar-refractivity contribution is 5.92. The van der Waals surface area contributed by atoms with Crippen molar-refractivity contribution in [3.63, 3.8) is 0 Å². The van der Waals surface area contributed by atoms with Gasteiger partial charge in [0.25, 0.3) is 0 Å². The zero-order chi connectivity index (χ0) is 13.7. The zero-order valence-corrected chi connectivity index (χ0v) is 10.8. The second-order valence-electron chi connectivity index (χ2n) is 4.24. The molecule has 0 aromatic heterocycles. The van der Waals surface area contributed by atoms with Gasteiger partial charge in [-0.15, -0.1) is 0 Å². The van der Waals surface area contributed by atoms with E-state index in [1.807, 2.05) is 0 Å². The molecule has 0 spiro atoms. The van der Waals surface area contributed by atoms with Crippen LogP contribution in [0.15, 0.2) is 24.3 Å².